The number of carbonyl (C=O) groups excluding carboxylic acids is 1. The van der Waals surface area contributed by atoms with Gasteiger partial charge in [-0.15, -0.1) is 0 Å². The van der Waals surface area contributed by atoms with Crippen molar-refractivity contribution in [3.63, 3.8) is 0 Å². The van der Waals surface area contributed by atoms with E-state index in [4.69, 9.17) is 20.8 Å². The van der Waals surface area contributed by atoms with Gasteiger partial charge < -0.3 is 14.5 Å². The normalized spacial score (nSPS) is 18.1. The van der Waals surface area contributed by atoms with Gasteiger partial charge in [-0.2, -0.15) is 0 Å². The summed E-state index contributed by atoms with van der Waals surface area (Å²) in [6.07, 6.45) is 1.22. The van der Waals surface area contributed by atoms with E-state index in [0.717, 1.165) is 39.6 Å². The van der Waals surface area contributed by atoms with Gasteiger partial charge >= 0.3 is 0 Å². The standard InChI is InChI=1S/C30H25ClN2O5/c1-30(2)14-19-27-17-7-5-4-6-16(17)8-9-21(27)32-29(28(19)23(34)15-30)25-11-10-24(38-25)18-12-20(31)22(33(35)36)13-26(18)37-3/h4-13,29,32H,14-15H2,1-3H3/t29-/m0/s1. The number of anilines is 1. The van der Waals surface area contributed by atoms with Crippen molar-refractivity contribution in [2.75, 3.05) is 12.4 Å². The first-order valence-electron chi connectivity index (χ1n) is 12.3. The summed E-state index contributed by atoms with van der Waals surface area (Å²) in [4.78, 5) is 24.4. The summed E-state index contributed by atoms with van der Waals surface area (Å²) in [5.74, 6) is 1.37. The number of ether oxygens (including phenoxy) is 1. The molecule has 0 spiro atoms. The van der Waals surface area contributed by atoms with Crippen molar-refractivity contribution in [3.8, 4) is 17.1 Å². The third kappa shape index (κ3) is 3.85. The third-order valence-corrected chi connectivity index (χ3v) is 7.68. The van der Waals surface area contributed by atoms with Crippen molar-refractivity contribution in [1.82, 2.24) is 0 Å². The van der Waals surface area contributed by atoms with E-state index in [1.54, 1.807) is 6.07 Å². The lowest BCUT2D eigenvalue weighted by Gasteiger charge is -2.39. The number of hydrogen-bond acceptors (Lipinski definition) is 6. The molecule has 0 saturated heterocycles. The quantitative estimate of drug-likeness (QED) is 0.213. The Morgan fingerprint density at radius 1 is 1.11 bits per heavy atom. The predicted molar refractivity (Wildman–Crippen MR) is 148 cm³/mol. The molecule has 6 rings (SSSR count). The number of carbonyl (C=O) groups is 1. The van der Waals surface area contributed by atoms with Crippen LogP contribution in [0.2, 0.25) is 5.02 Å². The van der Waals surface area contributed by atoms with Gasteiger partial charge in [0.1, 0.15) is 28.3 Å². The molecule has 0 unspecified atom stereocenters. The molecule has 1 aromatic heterocycles. The van der Waals surface area contributed by atoms with Gasteiger partial charge in [0.2, 0.25) is 0 Å². The zero-order valence-corrected chi connectivity index (χ0v) is 21.9. The van der Waals surface area contributed by atoms with Crippen LogP contribution in [0.1, 0.15) is 44.1 Å². The number of benzene rings is 3. The van der Waals surface area contributed by atoms with E-state index >= 15 is 0 Å². The number of Topliss-reactive ketones (excluding diaryl/α,β-unsaturated/α-hetero) is 1. The fraction of sp³-hybridized carbons (Fsp3) is 0.233. The maximum absolute atomic E-state index is 13.7. The van der Waals surface area contributed by atoms with Crippen molar-refractivity contribution in [2.45, 2.75) is 32.7 Å². The third-order valence-electron chi connectivity index (χ3n) is 7.38. The Morgan fingerprint density at radius 2 is 1.89 bits per heavy atom. The summed E-state index contributed by atoms with van der Waals surface area (Å²) in [6.45, 7) is 4.26. The largest absolute Gasteiger partial charge is 0.496 e. The highest BCUT2D eigenvalue weighted by Gasteiger charge is 2.41. The Kier molecular flexibility index (Phi) is 5.58. The van der Waals surface area contributed by atoms with Crippen LogP contribution in [-0.4, -0.2) is 17.8 Å². The number of methoxy groups -OCH3 is 1. The molecule has 7 nitrogen and oxygen atoms in total. The molecule has 0 saturated carbocycles. The average molecular weight is 529 g/mol. The fourth-order valence-corrected chi connectivity index (χ4v) is 5.98. The highest BCUT2D eigenvalue weighted by molar-refractivity contribution is 6.33. The molecular weight excluding hydrogens is 504 g/mol. The minimum absolute atomic E-state index is 0.0185. The monoisotopic (exact) mass is 528 g/mol. The molecule has 4 aromatic rings. The first kappa shape index (κ1) is 24.2. The summed E-state index contributed by atoms with van der Waals surface area (Å²) in [6, 6.07) is 18.2. The summed E-state index contributed by atoms with van der Waals surface area (Å²) in [7, 11) is 1.43. The maximum Gasteiger partial charge on any atom is 0.291 e. The van der Waals surface area contributed by atoms with Gasteiger partial charge in [-0.25, -0.2) is 0 Å². The lowest BCUT2D eigenvalue weighted by molar-refractivity contribution is -0.384. The molecule has 192 valence electrons. The zero-order valence-electron chi connectivity index (χ0n) is 21.1. The van der Waals surface area contributed by atoms with Gasteiger partial charge in [0.05, 0.1) is 23.7 Å². The van der Waals surface area contributed by atoms with E-state index in [2.05, 4.69) is 43.4 Å². The second-order valence-corrected chi connectivity index (χ2v) is 11.0. The van der Waals surface area contributed by atoms with Gasteiger partial charge in [-0.05, 0) is 52.4 Å². The number of nitrogens with zero attached hydrogens (tertiary/aromatic N) is 1. The molecule has 1 atom stereocenters. The molecule has 1 aliphatic carbocycles. The van der Waals surface area contributed by atoms with Crippen LogP contribution in [0.3, 0.4) is 0 Å². The number of hydrogen-bond donors (Lipinski definition) is 1. The summed E-state index contributed by atoms with van der Waals surface area (Å²) < 4.78 is 11.7. The summed E-state index contributed by atoms with van der Waals surface area (Å²) in [5.41, 5.74) is 3.88. The minimum Gasteiger partial charge on any atom is -0.496 e. The lowest BCUT2D eigenvalue weighted by atomic mass is 9.68. The number of halogens is 1. The van der Waals surface area contributed by atoms with Gasteiger partial charge in [-0.1, -0.05) is 55.8 Å². The second kappa shape index (κ2) is 8.74. The van der Waals surface area contributed by atoms with Crippen molar-refractivity contribution in [2.24, 2.45) is 5.41 Å². The topological polar surface area (TPSA) is 94.6 Å². The number of nitrogens with one attached hydrogen (secondary N) is 1. The molecule has 1 N–H and O–H groups in total. The number of rotatable bonds is 4. The van der Waals surface area contributed by atoms with Crippen molar-refractivity contribution in [3.05, 3.63) is 92.7 Å². The Labute approximate surface area is 224 Å². The highest BCUT2D eigenvalue weighted by Crippen LogP contribution is 2.52. The van der Waals surface area contributed by atoms with E-state index in [1.165, 1.54) is 19.2 Å². The molecule has 2 heterocycles. The number of fused-ring (bicyclic) bond motifs is 4. The van der Waals surface area contributed by atoms with Crippen LogP contribution in [0.5, 0.6) is 5.75 Å². The number of nitro groups is 1. The van der Waals surface area contributed by atoms with E-state index in [0.29, 0.717) is 23.5 Å². The van der Waals surface area contributed by atoms with E-state index < -0.39 is 11.0 Å². The molecule has 0 radical (unpaired) electrons. The van der Waals surface area contributed by atoms with Crippen molar-refractivity contribution >= 4 is 45.1 Å². The summed E-state index contributed by atoms with van der Waals surface area (Å²) >= 11 is 6.20. The molecule has 0 fully saturated rings. The molecule has 8 heteroatoms. The SMILES string of the molecule is COc1cc([N+](=O)[O-])c(Cl)cc1-c1ccc([C@@H]2Nc3ccc4ccccc4c3C3=C2C(=O)CC(C)(C)C3)o1. The Bertz CT molecular complexity index is 1680. The van der Waals surface area contributed by atoms with Gasteiger partial charge in [0.25, 0.3) is 5.69 Å². The molecular formula is C30H25ClN2O5. The predicted octanol–water partition coefficient (Wildman–Crippen LogP) is 7.98. The molecule has 1 aliphatic heterocycles. The van der Waals surface area contributed by atoms with Crippen LogP contribution in [0, 0.1) is 15.5 Å². The first-order valence-corrected chi connectivity index (χ1v) is 12.7. The smallest absolute Gasteiger partial charge is 0.291 e. The minimum atomic E-state index is -0.556. The van der Waals surface area contributed by atoms with E-state index in [9.17, 15) is 14.9 Å². The number of furan rings is 1. The number of nitro benzene ring substituents is 1. The number of allylic oxidation sites excluding steroid dienone is 1. The molecule has 3 aromatic carbocycles. The fourth-order valence-electron chi connectivity index (χ4n) is 5.75. The first-order chi connectivity index (χ1) is 18.2. The van der Waals surface area contributed by atoms with Gasteiger partial charge in [0.15, 0.2) is 5.78 Å². The van der Waals surface area contributed by atoms with Crippen LogP contribution in [0.15, 0.2) is 70.7 Å². The average Bonchev–Trinajstić information content (AvgIpc) is 3.37. The van der Waals surface area contributed by atoms with Crippen molar-refractivity contribution in [1.29, 1.82) is 0 Å². The van der Waals surface area contributed by atoms with E-state index in [-0.39, 0.29) is 27.7 Å². The Hall–Kier alpha value is -4.10. The molecule has 2 aliphatic rings. The second-order valence-electron chi connectivity index (χ2n) is 10.6. The highest BCUT2D eigenvalue weighted by atomic mass is 35.5. The molecule has 0 amide bonds. The molecule has 0 bridgehead atoms. The van der Waals surface area contributed by atoms with Crippen molar-refractivity contribution < 1.29 is 18.9 Å². The number of ketones is 1. The Morgan fingerprint density at radius 3 is 2.66 bits per heavy atom. The van der Waals surface area contributed by atoms with Crippen LogP contribution < -0.4 is 10.1 Å². The van der Waals surface area contributed by atoms with Crippen LogP contribution >= 0.6 is 11.6 Å². The lowest BCUT2D eigenvalue weighted by Crippen LogP contribution is -2.33. The summed E-state index contributed by atoms with van der Waals surface area (Å²) in [5, 5.41) is 17.1. The zero-order chi connectivity index (χ0) is 26.8. The van der Waals surface area contributed by atoms with Gasteiger partial charge in [-0.3, -0.25) is 14.9 Å². The van der Waals surface area contributed by atoms with E-state index in [1.807, 2.05) is 18.2 Å². The van der Waals surface area contributed by atoms with Crippen LogP contribution in [-0.2, 0) is 4.79 Å². The Balaban J connectivity index is 1.50. The molecule has 38 heavy (non-hydrogen) atoms. The van der Waals surface area contributed by atoms with Crippen LogP contribution in [0.4, 0.5) is 11.4 Å². The maximum atomic E-state index is 13.7. The van der Waals surface area contributed by atoms with Crippen LogP contribution in [0.25, 0.3) is 27.7 Å². The van der Waals surface area contributed by atoms with Gasteiger partial charge in [0, 0.05) is 23.2 Å².